The first-order valence-electron chi connectivity index (χ1n) is 8.63. The molecule has 0 fully saturated rings. The number of carbonyl (C=O) groups is 1. The van der Waals surface area contributed by atoms with Gasteiger partial charge in [0.2, 0.25) is 0 Å². The van der Waals surface area contributed by atoms with Crippen LogP contribution in [-0.4, -0.2) is 12.0 Å². The summed E-state index contributed by atoms with van der Waals surface area (Å²) >= 11 is 0. The number of benzene rings is 2. The normalized spacial score (nSPS) is 13.4. The fourth-order valence-corrected chi connectivity index (χ4v) is 2.70. The van der Waals surface area contributed by atoms with Crippen molar-refractivity contribution in [2.24, 2.45) is 0 Å². The molecule has 0 unspecified atom stereocenters. The van der Waals surface area contributed by atoms with Crippen LogP contribution in [-0.2, 0) is 4.79 Å². The van der Waals surface area contributed by atoms with E-state index in [0.29, 0.717) is 5.92 Å². The summed E-state index contributed by atoms with van der Waals surface area (Å²) in [6.07, 6.45) is 0.299. The summed E-state index contributed by atoms with van der Waals surface area (Å²) in [7, 11) is 0. The number of carbonyl (C=O) groups excluding carboxylic acids is 1. The largest absolute Gasteiger partial charge is 0.481 e. The number of hydrogen-bond acceptors (Lipinski definition) is 2. The zero-order chi connectivity index (χ0) is 17.5. The van der Waals surface area contributed by atoms with E-state index in [0.717, 1.165) is 23.3 Å². The van der Waals surface area contributed by atoms with Crippen LogP contribution in [0.25, 0.3) is 0 Å². The highest BCUT2D eigenvalue weighted by Crippen LogP contribution is 2.27. The van der Waals surface area contributed by atoms with E-state index in [9.17, 15) is 4.79 Å². The summed E-state index contributed by atoms with van der Waals surface area (Å²) in [6.45, 7) is 8.10. The Morgan fingerprint density at radius 3 is 2.25 bits per heavy atom. The molecule has 3 heteroatoms. The fourth-order valence-electron chi connectivity index (χ4n) is 2.70. The van der Waals surface area contributed by atoms with Gasteiger partial charge in [0.05, 0.1) is 6.04 Å². The van der Waals surface area contributed by atoms with Gasteiger partial charge in [0, 0.05) is 0 Å². The third kappa shape index (κ3) is 4.60. The first-order chi connectivity index (χ1) is 11.5. The van der Waals surface area contributed by atoms with Crippen molar-refractivity contribution in [2.45, 2.75) is 52.2 Å². The summed E-state index contributed by atoms with van der Waals surface area (Å²) in [4.78, 5) is 12.5. The molecule has 1 N–H and O–H groups in total. The van der Waals surface area contributed by atoms with Crippen molar-refractivity contribution in [1.29, 1.82) is 0 Å². The van der Waals surface area contributed by atoms with Gasteiger partial charge in [-0.2, -0.15) is 0 Å². The number of ether oxygens (including phenoxy) is 1. The third-order valence-electron chi connectivity index (χ3n) is 4.14. The molecule has 24 heavy (non-hydrogen) atoms. The Morgan fingerprint density at radius 1 is 1.00 bits per heavy atom. The van der Waals surface area contributed by atoms with Gasteiger partial charge in [-0.25, -0.2) is 0 Å². The number of amides is 1. The van der Waals surface area contributed by atoms with E-state index in [-0.39, 0.29) is 11.9 Å². The van der Waals surface area contributed by atoms with Gasteiger partial charge < -0.3 is 10.1 Å². The van der Waals surface area contributed by atoms with Gasteiger partial charge in [-0.15, -0.1) is 0 Å². The fraction of sp³-hybridized carbons (Fsp3) is 0.381. The molecule has 2 atom stereocenters. The maximum absolute atomic E-state index is 12.5. The molecular formula is C21H27NO2. The molecule has 0 aliphatic rings. The SMILES string of the molecule is CC[C@H](NC(=O)[C@@H](C)Oc1ccccc1C(C)C)c1ccccc1. The van der Waals surface area contributed by atoms with Crippen LogP contribution in [0.15, 0.2) is 54.6 Å². The van der Waals surface area contributed by atoms with Crippen LogP contribution < -0.4 is 10.1 Å². The molecule has 0 heterocycles. The zero-order valence-electron chi connectivity index (χ0n) is 15.0. The van der Waals surface area contributed by atoms with Crippen LogP contribution in [0.3, 0.4) is 0 Å². The minimum Gasteiger partial charge on any atom is -0.481 e. The molecule has 2 rings (SSSR count). The van der Waals surface area contributed by atoms with Crippen molar-refractivity contribution in [3.63, 3.8) is 0 Å². The van der Waals surface area contributed by atoms with Crippen molar-refractivity contribution in [3.8, 4) is 5.75 Å². The molecule has 0 radical (unpaired) electrons. The molecule has 0 aliphatic heterocycles. The molecule has 0 saturated carbocycles. The van der Waals surface area contributed by atoms with Crippen molar-refractivity contribution in [2.75, 3.05) is 0 Å². The number of nitrogens with one attached hydrogen (secondary N) is 1. The summed E-state index contributed by atoms with van der Waals surface area (Å²) < 4.78 is 5.94. The summed E-state index contributed by atoms with van der Waals surface area (Å²) in [5, 5.41) is 3.09. The van der Waals surface area contributed by atoms with Gasteiger partial charge in [0.25, 0.3) is 5.91 Å². The van der Waals surface area contributed by atoms with Crippen LogP contribution in [0.4, 0.5) is 0 Å². The Labute approximate surface area is 145 Å². The molecule has 3 nitrogen and oxygen atoms in total. The minimum absolute atomic E-state index is 0.00472. The topological polar surface area (TPSA) is 38.3 Å². The van der Waals surface area contributed by atoms with Crippen LogP contribution in [0.5, 0.6) is 5.75 Å². The lowest BCUT2D eigenvalue weighted by molar-refractivity contribution is -0.128. The summed E-state index contributed by atoms with van der Waals surface area (Å²) in [6, 6.07) is 17.9. The second-order valence-corrected chi connectivity index (χ2v) is 6.33. The smallest absolute Gasteiger partial charge is 0.261 e. The van der Waals surface area contributed by atoms with Crippen molar-refractivity contribution in [1.82, 2.24) is 5.32 Å². The standard InChI is InChI=1S/C21H27NO2/c1-5-19(17-11-7-6-8-12-17)22-21(23)16(4)24-20-14-10-9-13-18(20)15(2)3/h6-16,19H,5H2,1-4H3,(H,22,23)/t16-,19+/m1/s1. The molecule has 0 saturated heterocycles. The molecule has 0 bridgehead atoms. The van der Waals surface area contributed by atoms with Gasteiger partial charge in [-0.1, -0.05) is 69.3 Å². The minimum atomic E-state index is -0.539. The van der Waals surface area contributed by atoms with E-state index in [1.165, 1.54) is 0 Å². The quantitative estimate of drug-likeness (QED) is 0.790. The van der Waals surface area contributed by atoms with Gasteiger partial charge in [0.1, 0.15) is 5.75 Å². The third-order valence-corrected chi connectivity index (χ3v) is 4.14. The van der Waals surface area contributed by atoms with E-state index >= 15 is 0 Å². The van der Waals surface area contributed by atoms with Crippen LogP contribution in [0.2, 0.25) is 0 Å². The molecule has 2 aromatic rings. The Kier molecular flexibility index (Phi) is 6.42. The first-order valence-corrected chi connectivity index (χ1v) is 8.63. The van der Waals surface area contributed by atoms with Gasteiger partial charge in [0.15, 0.2) is 6.10 Å². The molecule has 0 aliphatic carbocycles. The molecule has 0 aromatic heterocycles. The number of hydrogen-bond donors (Lipinski definition) is 1. The Morgan fingerprint density at radius 2 is 1.62 bits per heavy atom. The predicted octanol–water partition coefficient (Wildman–Crippen LogP) is 4.84. The lowest BCUT2D eigenvalue weighted by Gasteiger charge is -2.22. The van der Waals surface area contributed by atoms with Gasteiger partial charge in [-0.3, -0.25) is 4.79 Å². The maximum atomic E-state index is 12.5. The van der Waals surface area contributed by atoms with E-state index < -0.39 is 6.10 Å². The molecule has 1 amide bonds. The molecule has 128 valence electrons. The van der Waals surface area contributed by atoms with E-state index in [2.05, 4.69) is 26.1 Å². The highest BCUT2D eigenvalue weighted by molar-refractivity contribution is 5.81. The van der Waals surface area contributed by atoms with E-state index in [1.54, 1.807) is 6.92 Å². The Bertz CT molecular complexity index is 652. The van der Waals surface area contributed by atoms with Crippen LogP contribution in [0, 0.1) is 0 Å². The van der Waals surface area contributed by atoms with Gasteiger partial charge >= 0.3 is 0 Å². The average Bonchev–Trinajstić information content (AvgIpc) is 2.60. The number of para-hydroxylation sites is 1. The lowest BCUT2D eigenvalue weighted by Crippen LogP contribution is -2.38. The highest BCUT2D eigenvalue weighted by atomic mass is 16.5. The first kappa shape index (κ1) is 18.1. The van der Waals surface area contributed by atoms with Crippen LogP contribution in [0.1, 0.15) is 57.2 Å². The maximum Gasteiger partial charge on any atom is 0.261 e. The molecular weight excluding hydrogens is 298 g/mol. The van der Waals surface area contributed by atoms with Crippen molar-refractivity contribution < 1.29 is 9.53 Å². The Balaban J connectivity index is 2.04. The number of rotatable bonds is 7. The molecule has 0 spiro atoms. The summed E-state index contributed by atoms with van der Waals surface area (Å²) in [5.41, 5.74) is 2.23. The zero-order valence-corrected chi connectivity index (χ0v) is 15.0. The monoisotopic (exact) mass is 325 g/mol. The average molecular weight is 325 g/mol. The van der Waals surface area contributed by atoms with E-state index in [1.807, 2.05) is 54.6 Å². The highest BCUT2D eigenvalue weighted by Gasteiger charge is 2.20. The van der Waals surface area contributed by atoms with Crippen LogP contribution >= 0.6 is 0 Å². The Hall–Kier alpha value is -2.29. The second-order valence-electron chi connectivity index (χ2n) is 6.33. The second kappa shape index (κ2) is 8.53. The molecule has 2 aromatic carbocycles. The van der Waals surface area contributed by atoms with Crippen molar-refractivity contribution >= 4 is 5.91 Å². The van der Waals surface area contributed by atoms with Gasteiger partial charge in [-0.05, 0) is 36.5 Å². The lowest BCUT2D eigenvalue weighted by atomic mass is 10.0. The predicted molar refractivity (Wildman–Crippen MR) is 98.2 cm³/mol. The summed E-state index contributed by atoms with van der Waals surface area (Å²) in [5.74, 6) is 1.04. The van der Waals surface area contributed by atoms with Crippen molar-refractivity contribution in [3.05, 3.63) is 65.7 Å². The van der Waals surface area contributed by atoms with E-state index in [4.69, 9.17) is 4.74 Å².